The molecule has 0 amide bonds. The first-order valence-electron chi connectivity index (χ1n) is 4.49. The van der Waals surface area contributed by atoms with Gasteiger partial charge in [-0.2, -0.15) is 0 Å². The molecule has 0 bridgehead atoms. The minimum Gasteiger partial charge on any atom is -0.481 e. The summed E-state index contributed by atoms with van der Waals surface area (Å²) in [5.41, 5.74) is 2.18. The SMILES string of the molecule is Cc1c[nH]c(CSCC(=O)O)c(C)c1=O. The van der Waals surface area contributed by atoms with Crippen LogP contribution in [0.2, 0.25) is 0 Å². The van der Waals surface area contributed by atoms with Gasteiger partial charge in [-0.3, -0.25) is 9.59 Å². The van der Waals surface area contributed by atoms with E-state index >= 15 is 0 Å². The lowest BCUT2D eigenvalue weighted by Crippen LogP contribution is -2.13. The number of aryl methyl sites for hydroxylation is 1. The fourth-order valence-corrected chi connectivity index (χ4v) is 1.97. The molecule has 2 N–H and O–H groups in total. The Morgan fingerprint density at radius 2 is 2.20 bits per heavy atom. The molecule has 0 aromatic carbocycles. The summed E-state index contributed by atoms with van der Waals surface area (Å²) in [4.78, 5) is 24.8. The quantitative estimate of drug-likeness (QED) is 0.813. The topological polar surface area (TPSA) is 70.2 Å². The minimum atomic E-state index is -0.841. The largest absolute Gasteiger partial charge is 0.481 e. The van der Waals surface area contributed by atoms with E-state index in [1.165, 1.54) is 11.8 Å². The maximum Gasteiger partial charge on any atom is 0.313 e. The molecular weight excluding hydrogens is 214 g/mol. The van der Waals surface area contributed by atoms with Crippen LogP contribution in [0.5, 0.6) is 0 Å². The van der Waals surface area contributed by atoms with Gasteiger partial charge in [0.15, 0.2) is 5.43 Å². The van der Waals surface area contributed by atoms with Gasteiger partial charge in [0.05, 0.1) is 5.75 Å². The van der Waals surface area contributed by atoms with E-state index in [4.69, 9.17) is 5.11 Å². The molecule has 4 nitrogen and oxygen atoms in total. The zero-order valence-electron chi connectivity index (χ0n) is 8.66. The number of aromatic nitrogens is 1. The summed E-state index contributed by atoms with van der Waals surface area (Å²) in [6.45, 7) is 3.50. The number of carboxylic acid groups (broad SMARTS) is 1. The van der Waals surface area contributed by atoms with Crippen LogP contribution in [0.15, 0.2) is 11.0 Å². The number of pyridine rings is 1. The van der Waals surface area contributed by atoms with E-state index in [0.29, 0.717) is 16.9 Å². The van der Waals surface area contributed by atoms with Crippen molar-refractivity contribution in [2.45, 2.75) is 19.6 Å². The number of hydrogen-bond donors (Lipinski definition) is 2. The van der Waals surface area contributed by atoms with Crippen LogP contribution in [0.4, 0.5) is 0 Å². The molecule has 0 saturated carbocycles. The average Bonchev–Trinajstić information content (AvgIpc) is 2.18. The van der Waals surface area contributed by atoms with Crippen LogP contribution < -0.4 is 5.43 Å². The van der Waals surface area contributed by atoms with E-state index in [-0.39, 0.29) is 11.2 Å². The Bertz CT molecular complexity index is 425. The van der Waals surface area contributed by atoms with E-state index < -0.39 is 5.97 Å². The van der Waals surface area contributed by atoms with Gasteiger partial charge in [0, 0.05) is 28.8 Å². The van der Waals surface area contributed by atoms with E-state index in [0.717, 1.165) is 5.69 Å². The summed E-state index contributed by atoms with van der Waals surface area (Å²) in [5, 5.41) is 8.47. The van der Waals surface area contributed by atoms with Gasteiger partial charge in [-0.1, -0.05) is 0 Å². The Hall–Kier alpha value is -1.23. The van der Waals surface area contributed by atoms with Crippen molar-refractivity contribution >= 4 is 17.7 Å². The third kappa shape index (κ3) is 3.13. The van der Waals surface area contributed by atoms with Crippen molar-refractivity contribution < 1.29 is 9.90 Å². The molecule has 0 spiro atoms. The highest BCUT2D eigenvalue weighted by atomic mass is 32.2. The number of aromatic amines is 1. The van der Waals surface area contributed by atoms with Crippen LogP contribution in [0.3, 0.4) is 0 Å². The van der Waals surface area contributed by atoms with Crippen molar-refractivity contribution in [3.8, 4) is 0 Å². The van der Waals surface area contributed by atoms with Crippen LogP contribution in [0.25, 0.3) is 0 Å². The highest BCUT2D eigenvalue weighted by Gasteiger charge is 2.05. The summed E-state index contributed by atoms with van der Waals surface area (Å²) < 4.78 is 0. The first kappa shape index (κ1) is 11.8. The second-order valence-electron chi connectivity index (χ2n) is 3.29. The molecule has 0 aliphatic carbocycles. The molecule has 15 heavy (non-hydrogen) atoms. The number of rotatable bonds is 4. The van der Waals surface area contributed by atoms with E-state index in [1.807, 2.05) is 0 Å². The zero-order valence-corrected chi connectivity index (χ0v) is 9.48. The predicted octanol–water partition coefficient (Wildman–Crippen LogP) is 1.31. The van der Waals surface area contributed by atoms with Gasteiger partial charge in [0.25, 0.3) is 0 Å². The van der Waals surface area contributed by atoms with Crippen molar-refractivity contribution in [1.82, 2.24) is 4.98 Å². The number of thioether (sulfide) groups is 1. The van der Waals surface area contributed by atoms with Crippen LogP contribution in [-0.4, -0.2) is 21.8 Å². The van der Waals surface area contributed by atoms with Crippen LogP contribution in [0.1, 0.15) is 16.8 Å². The Balaban J connectivity index is 2.75. The van der Waals surface area contributed by atoms with Crippen molar-refractivity contribution in [3.63, 3.8) is 0 Å². The molecule has 0 atom stereocenters. The lowest BCUT2D eigenvalue weighted by atomic mass is 10.2. The molecule has 0 unspecified atom stereocenters. The molecular formula is C10H13NO3S. The smallest absolute Gasteiger partial charge is 0.313 e. The van der Waals surface area contributed by atoms with Gasteiger partial charge in [-0.05, 0) is 13.8 Å². The zero-order chi connectivity index (χ0) is 11.4. The van der Waals surface area contributed by atoms with Crippen LogP contribution >= 0.6 is 11.8 Å². The molecule has 0 fully saturated rings. The first-order valence-corrected chi connectivity index (χ1v) is 5.65. The number of aliphatic carboxylic acids is 1. The monoisotopic (exact) mass is 227 g/mol. The Morgan fingerprint density at radius 3 is 2.80 bits per heavy atom. The molecule has 0 aliphatic rings. The summed E-state index contributed by atoms with van der Waals surface area (Å²) in [5.74, 6) is -0.268. The van der Waals surface area contributed by atoms with E-state index in [2.05, 4.69) is 4.98 Å². The Labute approximate surface area is 91.7 Å². The second kappa shape index (κ2) is 5.02. The molecule has 1 rings (SSSR count). The number of hydrogen-bond acceptors (Lipinski definition) is 3. The van der Waals surface area contributed by atoms with Gasteiger partial charge in [-0.25, -0.2) is 0 Å². The third-order valence-corrected chi connectivity index (χ3v) is 3.03. The number of carboxylic acids is 1. The molecule has 1 aromatic heterocycles. The molecule has 0 aliphatic heterocycles. The van der Waals surface area contributed by atoms with Crippen LogP contribution in [0, 0.1) is 13.8 Å². The molecule has 5 heteroatoms. The fraction of sp³-hybridized carbons (Fsp3) is 0.400. The van der Waals surface area contributed by atoms with E-state index in [1.54, 1.807) is 20.0 Å². The van der Waals surface area contributed by atoms with Crippen molar-refractivity contribution in [2.24, 2.45) is 0 Å². The predicted molar refractivity (Wildman–Crippen MR) is 60.3 cm³/mol. The van der Waals surface area contributed by atoms with Crippen LogP contribution in [-0.2, 0) is 10.5 Å². The standard InChI is InChI=1S/C10H13NO3S/c1-6-3-11-8(7(2)10(6)14)4-15-5-9(12)13/h3H,4-5H2,1-2H3,(H,11,14)(H,12,13). The Morgan fingerprint density at radius 1 is 1.53 bits per heavy atom. The van der Waals surface area contributed by atoms with Crippen molar-refractivity contribution in [1.29, 1.82) is 0 Å². The van der Waals surface area contributed by atoms with Crippen molar-refractivity contribution in [3.05, 3.63) is 33.2 Å². The lowest BCUT2D eigenvalue weighted by Gasteiger charge is -2.05. The first-order chi connectivity index (χ1) is 7.02. The Kier molecular flexibility index (Phi) is 3.96. The molecule has 1 heterocycles. The maximum absolute atomic E-state index is 11.5. The normalized spacial score (nSPS) is 10.3. The van der Waals surface area contributed by atoms with E-state index in [9.17, 15) is 9.59 Å². The average molecular weight is 227 g/mol. The lowest BCUT2D eigenvalue weighted by molar-refractivity contribution is -0.133. The van der Waals surface area contributed by atoms with Gasteiger partial charge in [0.2, 0.25) is 0 Å². The fourth-order valence-electron chi connectivity index (χ4n) is 1.19. The maximum atomic E-state index is 11.5. The molecule has 82 valence electrons. The van der Waals surface area contributed by atoms with Gasteiger partial charge in [0.1, 0.15) is 0 Å². The van der Waals surface area contributed by atoms with Gasteiger partial charge in [-0.15, -0.1) is 11.8 Å². The molecule has 0 radical (unpaired) electrons. The third-order valence-electron chi connectivity index (χ3n) is 2.09. The molecule has 1 aromatic rings. The van der Waals surface area contributed by atoms with Crippen molar-refractivity contribution in [2.75, 3.05) is 5.75 Å². The highest BCUT2D eigenvalue weighted by molar-refractivity contribution is 7.99. The highest BCUT2D eigenvalue weighted by Crippen LogP contribution is 2.11. The van der Waals surface area contributed by atoms with Gasteiger partial charge < -0.3 is 10.1 Å². The number of nitrogens with one attached hydrogen (secondary N) is 1. The summed E-state index contributed by atoms with van der Waals surface area (Å²) >= 11 is 1.27. The summed E-state index contributed by atoms with van der Waals surface area (Å²) in [7, 11) is 0. The summed E-state index contributed by atoms with van der Waals surface area (Å²) in [6, 6.07) is 0. The summed E-state index contributed by atoms with van der Waals surface area (Å²) in [6.07, 6.45) is 1.66. The second-order valence-corrected chi connectivity index (χ2v) is 4.28. The number of H-pyrrole nitrogens is 1. The minimum absolute atomic E-state index is 0.0275. The van der Waals surface area contributed by atoms with Gasteiger partial charge >= 0.3 is 5.97 Å². The molecule has 0 saturated heterocycles. The number of carbonyl (C=O) groups is 1.